The monoisotopic (exact) mass is 347 g/mol. The molecule has 1 aromatic heterocycles. The number of alkyl halides is 2. The van der Waals surface area contributed by atoms with Gasteiger partial charge in [-0.1, -0.05) is 0 Å². The van der Waals surface area contributed by atoms with Gasteiger partial charge in [-0.2, -0.15) is 0 Å². The van der Waals surface area contributed by atoms with Crippen molar-refractivity contribution in [1.29, 1.82) is 0 Å². The van der Waals surface area contributed by atoms with Gasteiger partial charge in [-0.05, 0) is 51.5 Å². The number of nitrogens with zero attached hydrogens (tertiary/aromatic N) is 1. The summed E-state index contributed by atoms with van der Waals surface area (Å²) in [5.74, 6) is 0. The summed E-state index contributed by atoms with van der Waals surface area (Å²) in [6.45, 7) is 1.78. The van der Waals surface area contributed by atoms with Gasteiger partial charge < -0.3 is 0 Å². The van der Waals surface area contributed by atoms with Crippen molar-refractivity contribution in [3.63, 3.8) is 0 Å². The van der Waals surface area contributed by atoms with E-state index in [0.29, 0.717) is 0 Å². The molecule has 1 heterocycles. The predicted octanol–water partition coefficient (Wildman–Crippen LogP) is 3.69. The Morgan fingerprint density at radius 2 is 2.17 bits per heavy atom. The van der Waals surface area contributed by atoms with E-state index in [4.69, 9.17) is 0 Å². The van der Waals surface area contributed by atoms with E-state index in [1.54, 1.807) is 6.92 Å². The summed E-state index contributed by atoms with van der Waals surface area (Å²) >= 11 is 4.97. The number of hydrogen-bond acceptors (Lipinski definition) is 1. The van der Waals surface area contributed by atoms with E-state index in [2.05, 4.69) is 20.9 Å². The number of aryl methyl sites for hydroxylation is 1. The van der Waals surface area contributed by atoms with Crippen LogP contribution in [0.1, 0.15) is 17.7 Å². The van der Waals surface area contributed by atoms with Crippen LogP contribution in [0, 0.1) is 10.5 Å². The summed E-state index contributed by atoms with van der Waals surface area (Å²) in [6, 6.07) is 1.44. The molecule has 0 saturated carbocycles. The molecule has 0 aliphatic rings. The van der Waals surface area contributed by atoms with Gasteiger partial charge in [0.05, 0.1) is 11.3 Å². The van der Waals surface area contributed by atoms with Crippen molar-refractivity contribution in [2.45, 2.75) is 13.3 Å². The Morgan fingerprint density at radius 1 is 1.58 bits per heavy atom. The van der Waals surface area contributed by atoms with Crippen LogP contribution in [0.2, 0.25) is 0 Å². The average Bonchev–Trinajstić information content (AvgIpc) is 1.96. The highest BCUT2D eigenvalue weighted by Crippen LogP contribution is 2.28. The Hall–Kier alpha value is 0.220. The summed E-state index contributed by atoms with van der Waals surface area (Å²) in [6.07, 6.45) is -2.47. The molecule has 1 nitrogen and oxygen atoms in total. The van der Waals surface area contributed by atoms with Crippen LogP contribution in [0.4, 0.5) is 8.78 Å². The van der Waals surface area contributed by atoms with Crippen LogP contribution in [-0.4, -0.2) is 4.98 Å². The molecule has 0 bridgehead atoms. The van der Waals surface area contributed by atoms with E-state index in [9.17, 15) is 8.78 Å². The third-order valence-corrected chi connectivity index (χ3v) is 3.09. The van der Waals surface area contributed by atoms with E-state index in [1.807, 2.05) is 22.6 Å². The lowest BCUT2D eigenvalue weighted by atomic mass is 10.3. The van der Waals surface area contributed by atoms with Gasteiger partial charge in [0.15, 0.2) is 0 Å². The fourth-order valence-electron chi connectivity index (χ4n) is 0.719. The zero-order chi connectivity index (χ0) is 9.30. The molecule has 0 aliphatic heterocycles. The molecule has 0 aliphatic carbocycles. The van der Waals surface area contributed by atoms with E-state index < -0.39 is 6.43 Å². The summed E-state index contributed by atoms with van der Waals surface area (Å²) < 4.78 is 25.5. The quantitative estimate of drug-likeness (QED) is 0.557. The Balaban J connectivity index is 3.23. The molecule has 0 fully saturated rings. The maximum Gasteiger partial charge on any atom is 0.266 e. The first-order valence-electron chi connectivity index (χ1n) is 3.13. The number of rotatable bonds is 1. The van der Waals surface area contributed by atoms with Crippen LogP contribution < -0.4 is 0 Å². The normalized spacial score (nSPS) is 10.8. The van der Waals surface area contributed by atoms with Gasteiger partial charge in [0.2, 0.25) is 0 Å². The van der Waals surface area contributed by atoms with Crippen molar-refractivity contribution >= 4 is 38.5 Å². The lowest BCUT2D eigenvalue weighted by Crippen LogP contribution is -1.94. The molecule has 0 N–H and O–H groups in total. The van der Waals surface area contributed by atoms with Crippen molar-refractivity contribution < 1.29 is 8.78 Å². The van der Waals surface area contributed by atoms with Crippen LogP contribution >= 0.6 is 38.5 Å². The third kappa shape index (κ3) is 2.12. The van der Waals surface area contributed by atoms with Crippen molar-refractivity contribution in [1.82, 2.24) is 4.98 Å². The molecule has 0 saturated heterocycles. The predicted molar refractivity (Wildman–Crippen MR) is 54.3 cm³/mol. The number of halogens is 4. The van der Waals surface area contributed by atoms with Gasteiger partial charge in [0, 0.05) is 3.57 Å². The fourth-order valence-corrected chi connectivity index (χ4v) is 1.73. The minimum atomic E-state index is -2.47. The molecule has 12 heavy (non-hydrogen) atoms. The Labute approximate surface area is 90.8 Å². The summed E-state index contributed by atoms with van der Waals surface area (Å²) in [5, 5.41) is 0. The second-order valence-electron chi connectivity index (χ2n) is 2.24. The van der Waals surface area contributed by atoms with Gasteiger partial charge in [-0.3, -0.25) is 0 Å². The first-order valence-corrected chi connectivity index (χ1v) is 5.00. The fraction of sp³-hybridized carbons (Fsp3) is 0.286. The van der Waals surface area contributed by atoms with Crippen molar-refractivity contribution in [3.8, 4) is 0 Å². The molecule has 0 radical (unpaired) electrons. The van der Waals surface area contributed by atoms with E-state index >= 15 is 0 Å². The molecule has 1 rings (SSSR count). The Kier molecular flexibility index (Phi) is 3.39. The van der Waals surface area contributed by atoms with Crippen LogP contribution in [-0.2, 0) is 0 Å². The lowest BCUT2D eigenvalue weighted by Gasteiger charge is -2.04. The molecule has 1 aromatic rings. The summed E-state index contributed by atoms with van der Waals surface area (Å²) in [7, 11) is 0. The maximum atomic E-state index is 12.3. The van der Waals surface area contributed by atoms with Crippen LogP contribution in [0.15, 0.2) is 10.7 Å². The molecule has 5 heteroatoms. The van der Waals surface area contributed by atoms with Gasteiger partial charge in [0.1, 0.15) is 4.60 Å². The largest absolute Gasteiger partial charge is 0.266 e. The van der Waals surface area contributed by atoms with E-state index in [1.165, 1.54) is 6.07 Å². The maximum absolute atomic E-state index is 12.3. The SMILES string of the molecule is Cc1nc(Br)c(C(F)F)cc1I. The number of pyridine rings is 1. The first-order chi connectivity index (χ1) is 5.52. The minimum absolute atomic E-state index is 0.0509. The zero-order valence-corrected chi connectivity index (χ0v) is 9.86. The van der Waals surface area contributed by atoms with Crippen LogP contribution in [0.5, 0.6) is 0 Å². The number of aromatic nitrogens is 1. The lowest BCUT2D eigenvalue weighted by molar-refractivity contribution is 0.150. The van der Waals surface area contributed by atoms with Gasteiger partial charge in [-0.25, -0.2) is 13.8 Å². The minimum Gasteiger partial charge on any atom is -0.245 e. The van der Waals surface area contributed by atoms with Crippen LogP contribution in [0.25, 0.3) is 0 Å². The third-order valence-electron chi connectivity index (χ3n) is 1.37. The Morgan fingerprint density at radius 3 is 2.67 bits per heavy atom. The first kappa shape index (κ1) is 10.3. The summed E-state index contributed by atoms with van der Waals surface area (Å²) in [4.78, 5) is 3.92. The highest BCUT2D eigenvalue weighted by molar-refractivity contribution is 14.1. The smallest absolute Gasteiger partial charge is 0.245 e. The highest BCUT2D eigenvalue weighted by atomic mass is 127. The van der Waals surface area contributed by atoms with Gasteiger partial charge >= 0.3 is 0 Å². The zero-order valence-electron chi connectivity index (χ0n) is 6.11. The highest BCUT2D eigenvalue weighted by Gasteiger charge is 2.14. The summed E-state index contributed by atoms with van der Waals surface area (Å²) in [5.41, 5.74) is 0.705. The van der Waals surface area contributed by atoms with Gasteiger partial charge in [0.25, 0.3) is 6.43 Å². The average molecular weight is 348 g/mol. The van der Waals surface area contributed by atoms with Crippen molar-refractivity contribution in [2.24, 2.45) is 0 Å². The molecule has 66 valence electrons. The van der Waals surface area contributed by atoms with Gasteiger partial charge in [-0.15, -0.1) is 0 Å². The molecular formula is C7H5BrF2IN. The molecule has 0 atom stereocenters. The van der Waals surface area contributed by atoms with E-state index in [0.717, 1.165) is 9.26 Å². The molecule has 0 unspecified atom stereocenters. The second kappa shape index (κ2) is 3.95. The topological polar surface area (TPSA) is 12.9 Å². The van der Waals surface area contributed by atoms with Crippen molar-refractivity contribution in [2.75, 3.05) is 0 Å². The second-order valence-corrected chi connectivity index (χ2v) is 4.15. The van der Waals surface area contributed by atoms with Crippen molar-refractivity contribution in [3.05, 3.63) is 25.5 Å². The van der Waals surface area contributed by atoms with Crippen LogP contribution in [0.3, 0.4) is 0 Å². The number of hydrogen-bond donors (Lipinski definition) is 0. The molecule has 0 amide bonds. The standard InChI is InChI=1S/C7H5BrF2IN/c1-3-5(11)2-4(7(9)10)6(8)12-3/h2,7H,1H3. The Bertz CT molecular complexity index is 304. The molecular weight excluding hydrogens is 343 g/mol. The molecule has 0 aromatic carbocycles. The van der Waals surface area contributed by atoms with E-state index in [-0.39, 0.29) is 10.2 Å². The molecule has 0 spiro atoms.